The number of nitrogens with zero attached hydrogens (tertiary/aromatic N) is 1. The van der Waals surface area contributed by atoms with Crippen LogP contribution >= 0.6 is 0 Å². The van der Waals surface area contributed by atoms with Gasteiger partial charge in [-0.25, -0.2) is 0 Å². The Balaban J connectivity index is 2.75. The minimum atomic E-state index is -0.267. The molecule has 0 radical (unpaired) electrons. The molecule has 4 heteroatoms. The molecule has 0 aliphatic heterocycles. The molecule has 0 saturated carbocycles. The first-order valence-corrected chi connectivity index (χ1v) is 6.15. The number of benzene rings is 1. The van der Waals surface area contributed by atoms with Crippen LogP contribution in [0.3, 0.4) is 0 Å². The predicted molar refractivity (Wildman–Crippen MR) is 73.7 cm³/mol. The van der Waals surface area contributed by atoms with Gasteiger partial charge in [-0.05, 0) is 38.9 Å². The Labute approximate surface area is 109 Å². The normalized spacial score (nSPS) is 12.6. The first-order chi connectivity index (χ1) is 8.47. The van der Waals surface area contributed by atoms with Crippen molar-refractivity contribution >= 4 is 11.6 Å². The predicted octanol–water partition coefficient (Wildman–Crippen LogP) is 1.55. The maximum Gasteiger partial charge on any atom is 0.241 e. The van der Waals surface area contributed by atoms with Crippen molar-refractivity contribution in [2.24, 2.45) is 0 Å². The van der Waals surface area contributed by atoms with Crippen LogP contribution in [0, 0.1) is 13.8 Å². The lowest BCUT2D eigenvalue weighted by Gasteiger charge is -2.23. The second kappa shape index (κ2) is 6.52. The van der Waals surface area contributed by atoms with Gasteiger partial charge in [0, 0.05) is 12.2 Å². The van der Waals surface area contributed by atoms with Crippen molar-refractivity contribution in [3.8, 4) is 0 Å². The van der Waals surface area contributed by atoms with Gasteiger partial charge in [-0.3, -0.25) is 9.69 Å². The van der Waals surface area contributed by atoms with Crippen molar-refractivity contribution in [1.29, 1.82) is 0 Å². The van der Waals surface area contributed by atoms with E-state index in [1.807, 2.05) is 50.9 Å². The molecular weight excluding hydrogens is 228 g/mol. The molecule has 0 fully saturated rings. The molecule has 0 spiro atoms. The highest BCUT2D eigenvalue weighted by Crippen LogP contribution is 2.19. The number of rotatable bonds is 5. The van der Waals surface area contributed by atoms with Crippen LogP contribution in [-0.2, 0) is 4.79 Å². The number of aliphatic hydroxyl groups is 1. The summed E-state index contributed by atoms with van der Waals surface area (Å²) in [5.74, 6) is -0.0525. The van der Waals surface area contributed by atoms with E-state index in [9.17, 15) is 4.79 Å². The van der Waals surface area contributed by atoms with E-state index in [1.165, 1.54) is 0 Å². The van der Waals surface area contributed by atoms with Gasteiger partial charge in [0.25, 0.3) is 0 Å². The quantitative estimate of drug-likeness (QED) is 0.833. The van der Waals surface area contributed by atoms with Gasteiger partial charge >= 0.3 is 0 Å². The molecule has 4 nitrogen and oxygen atoms in total. The summed E-state index contributed by atoms with van der Waals surface area (Å²) in [6.45, 7) is 6.33. The summed E-state index contributed by atoms with van der Waals surface area (Å²) < 4.78 is 0. The monoisotopic (exact) mass is 250 g/mol. The third kappa shape index (κ3) is 3.55. The number of nitrogens with one attached hydrogen (secondary N) is 1. The van der Waals surface area contributed by atoms with Crippen LogP contribution in [0.25, 0.3) is 0 Å². The van der Waals surface area contributed by atoms with Gasteiger partial charge in [-0.2, -0.15) is 0 Å². The van der Waals surface area contributed by atoms with Crippen LogP contribution in [0.15, 0.2) is 18.2 Å². The molecule has 1 amide bonds. The molecule has 0 aliphatic rings. The zero-order valence-corrected chi connectivity index (χ0v) is 11.5. The van der Waals surface area contributed by atoms with E-state index in [4.69, 9.17) is 5.11 Å². The van der Waals surface area contributed by atoms with Gasteiger partial charge in [-0.1, -0.05) is 18.2 Å². The summed E-state index contributed by atoms with van der Waals surface area (Å²) in [6, 6.07) is 5.66. The third-order valence-corrected chi connectivity index (χ3v) is 3.22. The van der Waals surface area contributed by atoms with Crippen LogP contribution < -0.4 is 5.32 Å². The van der Waals surface area contributed by atoms with Gasteiger partial charge in [-0.15, -0.1) is 0 Å². The van der Waals surface area contributed by atoms with E-state index in [0.717, 1.165) is 16.8 Å². The van der Waals surface area contributed by atoms with Crippen molar-refractivity contribution in [2.75, 3.05) is 25.5 Å². The van der Waals surface area contributed by atoms with Crippen LogP contribution in [0.4, 0.5) is 5.69 Å². The maximum atomic E-state index is 12.1. The molecular formula is C14H22N2O2. The standard InChI is InChI=1S/C14H22N2O2/c1-10-6-5-7-11(2)13(10)15-14(18)12(3)16(4)8-9-17/h5-7,12,17H,8-9H2,1-4H3,(H,15,18). The Hall–Kier alpha value is -1.39. The van der Waals surface area contributed by atoms with Gasteiger partial charge < -0.3 is 10.4 Å². The number of carbonyl (C=O) groups is 1. The van der Waals surface area contributed by atoms with Crippen molar-refractivity contribution in [3.63, 3.8) is 0 Å². The van der Waals surface area contributed by atoms with E-state index < -0.39 is 0 Å². The van der Waals surface area contributed by atoms with Crippen molar-refractivity contribution in [2.45, 2.75) is 26.8 Å². The van der Waals surface area contributed by atoms with Crippen molar-refractivity contribution in [1.82, 2.24) is 4.90 Å². The average Bonchev–Trinajstić information content (AvgIpc) is 2.33. The fourth-order valence-electron chi connectivity index (χ4n) is 1.79. The molecule has 18 heavy (non-hydrogen) atoms. The highest BCUT2D eigenvalue weighted by Gasteiger charge is 2.18. The SMILES string of the molecule is Cc1cccc(C)c1NC(=O)C(C)N(C)CCO. The van der Waals surface area contributed by atoms with Crippen molar-refractivity contribution in [3.05, 3.63) is 29.3 Å². The van der Waals surface area contributed by atoms with Gasteiger partial charge in [0.05, 0.1) is 12.6 Å². The summed E-state index contributed by atoms with van der Waals surface area (Å²) in [5, 5.41) is 11.8. The van der Waals surface area contributed by atoms with Crippen LogP contribution in [0.5, 0.6) is 0 Å². The summed E-state index contributed by atoms with van der Waals surface area (Å²) in [5.41, 5.74) is 2.99. The zero-order chi connectivity index (χ0) is 13.7. The molecule has 1 rings (SSSR count). The highest BCUT2D eigenvalue weighted by atomic mass is 16.3. The van der Waals surface area contributed by atoms with E-state index in [0.29, 0.717) is 6.54 Å². The minimum absolute atomic E-state index is 0.0525. The number of aliphatic hydroxyl groups excluding tert-OH is 1. The summed E-state index contributed by atoms with van der Waals surface area (Å²) in [6.07, 6.45) is 0. The molecule has 0 saturated heterocycles. The highest BCUT2D eigenvalue weighted by molar-refractivity contribution is 5.95. The number of likely N-dealkylation sites (N-methyl/N-ethyl adjacent to an activating group) is 1. The molecule has 0 aliphatic carbocycles. The molecule has 1 aromatic rings. The fraction of sp³-hybridized carbons (Fsp3) is 0.500. The largest absolute Gasteiger partial charge is 0.395 e. The summed E-state index contributed by atoms with van der Waals surface area (Å²) in [7, 11) is 1.82. The van der Waals surface area contributed by atoms with E-state index in [-0.39, 0.29) is 18.6 Å². The lowest BCUT2D eigenvalue weighted by atomic mass is 10.1. The van der Waals surface area contributed by atoms with Crippen molar-refractivity contribution < 1.29 is 9.90 Å². The van der Waals surface area contributed by atoms with E-state index in [1.54, 1.807) is 0 Å². The Morgan fingerprint density at radius 3 is 2.44 bits per heavy atom. The second-order valence-corrected chi connectivity index (χ2v) is 4.64. The lowest BCUT2D eigenvalue weighted by Crippen LogP contribution is -2.41. The zero-order valence-electron chi connectivity index (χ0n) is 11.5. The number of anilines is 1. The first kappa shape index (κ1) is 14.7. The van der Waals surface area contributed by atoms with Gasteiger partial charge in [0.1, 0.15) is 0 Å². The number of hydrogen-bond donors (Lipinski definition) is 2. The molecule has 1 unspecified atom stereocenters. The number of aryl methyl sites for hydroxylation is 2. The van der Waals surface area contributed by atoms with Crippen LogP contribution in [-0.4, -0.2) is 42.2 Å². The van der Waals surface area contributed by atoms with E-state index >= 15 is 0 Å². The Morgan fingerprint density at radius 1 is 1.39 bits per heavy atom. The van der Waals surface area contributed by atoms with Crippen LogP contribution in [0.2, 0.25) is 0 Å². The Morgan fingerprint density at radius 2 is 1.94 bits per heavy atom. The summed E-state index contributed by atoms with van der Waals surface area (Å²) >= 11 is 0. The number of carbonyl (C=O) groups excluding carboxylic acids is 1. The second-order valence-electron chi connectivity index (χ2n) is 4.64. The number of para-hydroxylation sites is 1. The average molecular weight is 250 g/mol. The smallest absolute Gasteiger partial charge is 0.241 e. The van der Waals surface area contributed by atoms with Gasteiger partial charge in [0.2, 0.25) is 5.91 Å². The molecule has 0 heterocycles. The molecule has 1 aromatic carbocycles. The lowest BCUT2D eigenvalue weighted by molar-refractivity contribution is -0.120. The minimum Gasteiger partial charge on any atom is -0.395 e. The van der Waals surface area contributed by atoms with Gasteiger partial charge in [0.15, 0.2) is 0 Å². The Bertz CT molecular complexity index is 398. The Kier molecular flexibility index (Phi) is 5.31. The molecule has 1 atom stereocenters. The number of amides is 1. The first-order valence-electron chi connectivity index (χ1n) is 6.15. The summed E-state index contributed by atoms with van der Waals surface area (Å²) in [4.78, 5) is 13.9. The topological polar surface area (TPSA) is 52.6 Å². The van der Waals surface area contributed by atoms with Crippen LogP contribution in [0.1, 0.15) is 18.1 Å². The fourth-order valence-corrected chi connectivity index (χ4v) is 1.79. The third-order valence-electron chi connectivity index (χ3n) is 3.22. The van der Waals surface area contributed by atoms with E-state index in [2.05, 4.69) is 5.32 Å². The number of hydrogen-bond acceptors (Lipinski definition) is 3. The maximum absolute atomic E-state index is 12.1. The molecule has 0 aromatic heterocycles. The molecule has 0 bridgehead atoms. The molecule has 100 valence electrons. The molecule has 2 N–H and O–H groups in total.